The number of benzene rings is 1. The molecule has 1 aromatic carbocycles. The highest BCUT2D eigenvalue weighted by atomic mass is 35.5. The third-order valence-electron chi connectivity index (χ3n) is 2.53. The fourth-order valence-corrected chi connectivity index (χ4v) is 1.80. The molecule has 0 amide bonds. The number of ether oxygens (including phenoxy) is 1. The average molecular weight is 275 g/mol. The molecule has 1 N–H and O–H groups in total. The highest BCUT2D eigenvalue weighted by Gasteiger charge is 2.22. The summed E-state index contributed by atoms with van der Waals surface area (Å²) in [4.78, 5) is 11.4. The molecule has 0 aromatic heterocycles. The van der Waals surface area contributed by atoms with Crippen LogP contribution in [0.2, 0.25) is 5.02 Å². The highest BCUT2D eigenvalue weighted by Crippen LogP contribution is 2.29. The predicted octanol–water partition coefficient (Wildman–Crippen LogP) is 3.20. The van der Waals surface area contributed by atoms with E-state index in [9.17, 15) is 14.3 Å². The molecule has 100 valence electrons. The summed E-state index contributed by atoms with van der Waals surface area (Å²) in [6, 6.07) is 2.68. The molecule has 1 aromatic rings. The largest absolute Gasteiger partial charge is 0.464 e. The van der Waals surface area contributed by atoms with Crippen molar-refractivity contribution in [2.24, 2.45) is 0 Å². The first-order chi connectivity index (χ1) is 8.38. The lowest BCUT2D eigenvalue weighted by atomic mass is 9.98. The molecular weight excluding hydrogens is 259 g/mol. The van der Waals surface area contributed by atoms with Gasteiger partial charge in [-0.2, -0.15) is 0 Å². The highest BCUT2D eigenvalue weighted by molar-refractivity contribution is 6.30. The van der Waals surface area contributed by atoms with Crippen molar-refractivity contribution in [1.82, 2.24) is 0 Å². The molecule has 0 bridgehead atoms. The van der Waals surface area contributed by atoms with Crippen LogP contribution in [0, 0.1) is 5.82 Å². The molecule has 0 fully saturated rings. The van der Waals surface area contributed by atoms with Crippen LogP contribution in [-0.4, -0.2) is 17.7 Å². The van der Waals surface area contributed by atoms with E-state index in [0.29, 0.717) is 5.56 Å². The number of halogens is 2. The van der Waals surface area contributed by atoms with Crippen LogP contribution in [0.1, 0.15) is 43.9 Å². The summed E-state index contributed by atoms with van der Waals surface area (Å²) in [5.41, 5.74) is 0.601. The van der Waals surface area contributed by atoms with Crippen LogP contribution >= 0.6 is 11.6 Å². The lowest BCUT2D eigenvalue weighted by molar-refractivity contribution is -0.153. The molecule has 1 atom stereocenters. The van der Waals surface area contributed by atoms with Crippen molar-refractivity contribution in [1.29, 1.82) is 0 Å². The zero-order valence-corrected chi connectivity index (χ0v) is 11.3. The van der Waals surface area contributed by atoms with Crippen LogP contribution in [0.3, 0.4) is 0 Å². The number of carbonyl (C=O) groups is 1. The summed E-state index contributed by atoms with van der Waals surface area (Å²) in [5.74, 6) is -1.39. The van der Waals surface area contributed by atoms with E-state index < -0.39 is 17.9 Å². The Balaban J connectivity index is 3.14. The summed E-state index contributed by atoms with van der Waals surface area (Å²) in [7, 11) is 0. The minimum atomic E-state index is -1.44. The van der Waals surface area contributed by atoms with Gasteiger partial charge in [0, 0.05) is 0 Å². The molecule has 0 radical (unpaired) electrons. The Bertz CT molecular complexity index is 446. The van der Waals surface area contributed by atoms with Gasteiger partial charge in [-0.3, -0.25) is 0 Å². The fraction of sp³-hybridized carbons (Fsp3) is 0.462. The minimum Gasteiger partial charge on any atom is -0.464 e. The molecule has 0 aliphatic heterocycles. The van der Waals surface area contributed by atoms with Gasteiger partial charge in [-0.25, -0.2) is 9.18 Å². The van der Waals surface area contributed by atoms with Gasteiger partial charge < -0.3 is 9.84 Å². The Hall–Kier alpha value is -1.13. The van der Waals surface area contributed by atoms with E-state index in [0.717, 1.165) is 0 Å². The smallest absolute Gasteiger partial charge is 0.339 e. The molecule has 0 heterocycles. The third kappa shape index (κ3) is 3.21. The quantitative estimate of drug-likeness (QED) is 0.858. The lowest BCUT2D eigenvalue weighted by Crippen LogP contribution is -2.16. The molecular formula is C13H16ClFO3. The van der Waals surface area contributed by atoms with Gasteiger partial charge in [-0.05, 0) is 36.1 Å². The van der Waals surface area contributed by atoms with Crippen molar-refractivity contribution in [2.75, 3.05) is 6.61 Å². The Morgan fingerprint density at radius 3 is 2.61 bits per heavy atom. The summed E-state index contributed by atoms with van der Waals surface area (Å²) in [6.07, 6.45) is -1.44. The van der Waals surface area contributed by atoms with E-state index in [1.54, 1.807) is 20.8 Å². The second-order valence-electron chi connectivity index (χ2n) is 4.22. The maximum Gasteiger partial charge on any atom is 0.339 e. The van der Waals surface area contributed by atoms with Gasteiger partial charge in [0.05, 0.1) is 11.6 Å². The second-order valence-corrected chi connectivity index (χ2v) is 4.62. The second kappa shape index (κ2) is 6.16. The topological polar surface area (TPSA) is 46.5 Å². The van der Waals surface area contributed by atoms with Gasteiger partial charge in [0.1, 0.15) is 5.82 Å². The minimum absolute atomic E-state index is 0.100. The maximum absolute atomic E-state index is 13.7. The molecule has 1 rings (SSSR count). The summed E-state index contributed by atoms with van der Waals surface area (Å²) >= 11 is 5.75. The molecule has 0 aliphatic rings. The van der Waals surface area contributed by atoms with Gasteiger partial charge in [0.2, 0.25) is 0 Å². The number of hydrogen-bond donors (Lipinski definition) is 1. The van der Waals surface area contributed by atoms with E-state index in [-0.39, 0.29) is 23.1 Å². The lowest BCUT2D eigenvalue weighted by Gasteiger charge is -2.14. The first-order valence-electron chi connectivity index (χ1n) is 5.72. The number of esters is 1. The molecule has 1 unspecified atom stereocenters. The summed E-state index contributed by atoms with van der Waals surface area (Å²) in [6.45, 7) is 5.41. The van der Waals surface area contributed by atoms with Gasteiger partial charge in [0.15, 0.2) is 6.10 Å². The van der Waals surface area contributed by atoms with Crippen LogP contribution in [0.5, 0.6) is 0 Å². The van der Waals surface area contributed by atoms with Crippen LogP contribution in [-0.2, 0) is 9.53 Å². The molecule has 0 saturated carbocycles. The van der Waals surface area contributed by atoms with E-state index in [4.69, 9.17) is 16.3 Å². The third-order valence-corrected chi connectivity index (χ3v) is 2.80. The molecule has 5 heteroatoms. The predicted molar refractivity (Wildman–Crippen MR) is 67.1 cm³/mol. The Morgan fingerprint density at radius 1 is 1.50 bits per heavy atom. The van der Waals surface area contributed by atoms with Crippen molar-refractivity contribution in [3.05, 3.63) is 34.1 Å². The van der Waals surface area contributed by atoms with Gasteiger partial charge in [-0.1, -0.05) is 25.4 Å². The van der Waals surface area contributed by atoms with E-state index in [1.807, 2.05) is 0 Å². The van der Waals surface area contributed by atoms with Crippen LogP contribution in [0.4, 0.5) is 4.39 Å². The number of carbonyl (C=O) groups excluding carboxylic acids is 1. The monoisotopic (exact) mass is 274 g/mol. The molecule has 3 nitrogen and oxygen atoms in total. The van der Waals surface area contributed by atoms with E-state index in [1.165, 1.54) is 12.1 Å². The Labute approximate surface area is 111 Å². The van der Waals surface area contributed by atoms with Gasteiger partial charge >= 0.3 is 5.97 Å². The standard InChI is InChI=1S/C13H16ClFO3/c1-4-18-13(17)12(16)8-5-9(7(2)3)11(15)10(14)6-8/h5-7,12,16H,4H2,1-3H3. The SMILES string of the molecule is CCOC(=O)C(O)c1cc(Cl)c(F)c(C(C)C)c1. The van der Waals surface area contributed by atoms with E-state index >= 15 is 0 Å². The molecule has 0 saturated heterocycles. The average Bonchev–Trinajstić information content (AvgIpc) is 2.31. The Kier molecular flexibility index (Phi) is 5.11. The number of rotatable bonds is 4. The zero-order valence-electron chi connectivity index (χ0n) is 10.5. The number of aliphatic hydroxyl groups excluding tert-OH is 1. The fourth-order valence-electron chi connectivity index (χ4n) is 1.57. The summed E-state index contributed by atoms with van der Waals surface area (Å²) < 4.78 is 18.4. The number of hydrogen-bond acceptors (Lipinski definition) is 3. The van der Waals surface area contributed by atoms with Crippen molar-refractivity contribution in [3.63, 3.8) is 0 Å². The van der Waals surface area contributed by atoms with Crippen molar-refractivity contribution in [3.8, 4) is 0 Å². The summed E-state index contributed by atoms with van der Waals surface area (Å²) in [5, 5.41) is 9.67. The van der Waals surface area contributed by atoms with Gasteiger partial charge in [0.25, 0.3) is 0 Å². The maximum atomic E-state index is 13.7. The Morgan fingerprint density at radius 2 is 2.11 bits per heavy atom. The first-order valence-corrected chi connectivity index (χ1v) is 6.09. The van der Waals surface area contributed by atoms with Crippen LogP contribution < -0.4 is 0 Å². The molecule has 18 heavy (non-hydrogen) atoms. The zero-order chi connectivity index (χ0) is 13.9. The van der Waals surface area contributed by atoms with Crippen molar-refractivity contribution < 1.29 is 19.0 Å². The van der Waals surface area contributed by atoms with Crippen molar-refractivity contribution >= 4 is 17.6 Å². The van der Waals surface area contributed by atoms with Gasteiger partial charge in [-0.15, -0.1) is 0 Å². The van der Waals surface area contributed by atoms with E-state index in [2.05, 4.69) is 0 Å². The van der Waals surface area contributed by atoms with Crippen molar-refractivity contribution in [2.45, 2.75) is 32.8 Å². The van der Waals surface area contributed by atoms with Crippen LogP contribution in [0.15, 0.2) is 12.1 Å². The first kappa shape index (κ1) is 14.9. The molecule has 0 spiro atoms. The number of aliphatic hydroxyl groups is 1. The van der Waals surface area contributed by atoms with Crippen LogP contribution in [0.25, 0.3) is 0 Å². The molecule has 0 aliphatic carbocycles. The normalized spacial score (nSPS) is 12.6.